The molecule has 0 spiro atoms. The number of rotatable bonds is 6. The second kappa shape index (κ2) is 5.74. The van der Waals surface area contributed by atoms with Crippen LogP contribution in [0.3, 0.4) is 0 Å². The molecule has 0 unspecified atom stereocenters. The minimum atomic E-state index is -0.858. The SMILES string of the molecule is CCCc1nc(NC)cc(NC(C)(C)C(C)(C)O)n1. The van der Waals surface area contributed by atoms with Crippen LogP contribution in [0, 0.1) is 0 Å². The fourth-order valence-electron chi connectivity index (χ4n) is 1.50. The molecule has 0 saturated heterocycles. The monoisotopic (exact) mass is 266 g/mol. The Bertz CT molecular complexity index is 424. The highest BCUT2D eigenvalue weighted by molar-refractivity contribution is 5.49. The fourth-order valence-corrected chi connectivity index (χ4v) is 1.50. The van der Waals surface area contributed by atoms with E-state index < -0.39 is 11.1 Å². The second-order valence-electron chi connectivity index (χ2n) is 5.86. The highest BCUT2D eigenvalue weighted by Gasteiger charge is 2.35. The number of aliphatic hydroxyl groups is 1. The van der Waals surface area contributed by atoms with Crippen LogP contribution in [0.25, 0.3) is 0 Å². The van der Waals surface area contributed by atoms with Crippen molar-refractivity contribution in [2.24, 2.45) is 0 Å². The van der Waals surface area contributed by atoms with Crippen molar-refractivity contribution in [1.82, 2.24) is 9.97 Å². The minimum Gasteiger partial charge on any atom is -0.388 e. The van der Waals surface area contributed by atoms with Crippen molar-refractivity contribution in [3.63, 3.8) is 0 Å². The predicted octanol–water partition coefficient (Wildman–Crippen LogP) is 2.43. The molecule has 0 aromatic carbocycles. The highest BCUT2D eigenvalue weighted by atomic mass is 16.3. The van der Waals surface area contributed by atoms with Crippen LogP contribution in [-0.4, -0.2) is 33.3 Å². The molecule has 5 heteroatoms. The van der Waals surface area contributed by atoms with E-state index in [1.54, 1.807) is 13.8 Å². The van der Waals surface area contributed by atoms with E-state index in [1.165, 1.54) is 0 Å². The summed E-state index contributed by atoms with van der Waals surface area (Å²) in [7, 11) is 1.84. The van der Waals surface area contributed by atoms with E-state index >= 15 is 0 Å². The molecule has 3 N–H and O–H groups in total. The molecule has 0 atom stereocenters. The van der Waals surface area contributed by atoms with Crippen LogP contribution in [0.4, 0.5) is 11.6 Å². The van der Waals surface area contributed by atoms with Gasteiger partial charge in [0.2, 0.25) is 0 Å². The lowest BCUT2D eigenvalue weighted by atomic mass is 9.86. The summed E-state index contributed by atoms with van der Waals surface area (Å²) in [5.41, 5.74) is -1.35. The summed E-state index contributed by atoms with van der Waals surface area (Å²) in [6, 6.07) is 1.85. The molecular formula is C14H26N4O. The van der Waals surface area contributed by atoms with Gasteiger partial charge in [-0.25, -0.2) is 9.97 Å². The summed E-state index contributed by atoms with van der Waals surface area (Å²) in [4.78, 5) is 8.91. The average molecular weight is 266 g/mol. The molecule has 108 valence electrons. The molecule has 1 rings (SSSR count). The van der Waals surface area contributed by atoms with Gasteiger partial charge in [-0.1, -0.05) is 6.92 Å². The first-order valence-electron chi connectivity index (χ1n) is 6.76. The van der Waals surface area contributed by atoms with E-state index in [4.69, 9.17) is 0 Å². The van der Waals surface area contributed by atoms with Gasteiger partial charge in [0.1, 0.15) is 17.5 Å². The molecule has 0 aliphatic heterocycles. The van der Waals surface area contributed by atoms with Gasteiger partial charge in [0.25, 0.3) is 0 Å². The molecule has 0 saturated carbocycles. The number of nitrogens with one attached hydrogen (secondary N) is 2. The largest absolute Gasteiger partial charge is 0.388 e. The van der Waals surface area contributed by atoms with E-state index in [-0.39, 0.29) is 0 Å². The van der Waals surface area contributed by atoms with Gasteiger partial charge in [-0.05, 0) is 34.1 Å². The van der Waals surface area contributed by atoms with Gasteiger partial charge in [0, 0.05) is 19.5 Å². The van der Waals surface area contributed by atoms with E-state index in [9.17, 15) is 5.11 Å². The van der Waals surface area contributed by atoms with Crippen molar-refractivity contribution in [3.05, 3.63) is 11.9 Å². The first-order chi connectivity index (χ1) is 8.69. The lowest BCUT2D eigenvalue weighted by Gasteiger charge is -2.38. The molecular weight excluding hydrogens is 240 g/mol. The summed E-state index contributed by atoms with van der Waals surface area (Å²) < 4.78 is 0. The summed E-state index contributed by atoms with van der Waals surface area (Å²) >= 11 is 0. The summed E-state index contributed by atoms with van der Waals surface area (Å²) in [5.74, 6) is 2.32. The number of nitrogens with zero attached hydrogens (tertiary/aromatic N) is 2. The normalized spacial score (nSPS) is 12.4. The summed E-state index contributed by atoms with van der Waals surface area (Å²) in [6.07, 6.45) is 1.84. The van der Waals surface area contributed by atoms with Crippen LogP contribution in [0.2, 0.25) is 0 Å². The standard InChI is InChI=1S/C14H26N4O/c1-7-8-10-16-11(15-6)9-12(17-10)18-13(2,3)14(4,5)19/h9,19H,7-8H2,1-6H3,(H2,15,16,17,18). The molecule has 0 radical (unpaired) electrons. The summed E-state index contributed by atoms with van der Waals surface area (Å²) in [6.45, 7) is 9.57. The molecule has 19 heavy (non-hydrogen) atoms. The molecule has 0 aliphatic rings. The second-order valence-corrected chi connectivity index (χ2v) is 5.86. The van der Waals surface area contributed by atoms with Gasteiger partial charge < -0.3 is 15.7 Å². The van der Waals surface area contributed by atoms with Crippen molar-refractivity contribution in [2.75, 3.05) is 17.7 Å². The van der Waals surface area contributed by atoms with Crippen LogP contribution in [0.1, 0.15) is 46.9 Å². The average Bonchev–Trinajstić information content (AvgIpc) is 2.26. The maximum absolute atomic E-state index is 10.2. The molecule has 1 heterocycles. The fraction of sp³-hybridized carbons (Fsp3) is 0.714. The van der Waals surface area contributed by atoms with E-state index in [2.05, 4.69) is 27.5 Å². The van der Waals surface area contributed by atoms with Crippen LogP contribution in [0.15, 0.2) is 6.07 Å². The maximum atomic E-state index is 10.2. The van der Waals surface area contributed by atoms with Gasteiger partial charge >= 0.3 is 0 Å². The van der Waals surface area contributed by atoms with Crippen molar-refractivity contribution in [2.45, 2.75) is 58.6 Å². The molecule has 0 bridgehead atoms. The molecule has 0 aliphatic carbocycles. The number of aryl methyl sites for hydroxylation is 1. The first-order valence-corrected chi connectivity index (χ1v) is 6.76. The zero-order chi connectivity index (χ0) is 14.7. The predicted molar refractivity (Wildman–Crippen MR) is 79.6 cm³/mol. The third-order valence-corrected chi connectivity index (χ3v) is 3.47. The van der Waals surface area contributed by atoms with Crippen molar-refractivity contribution < 1.29 is 5.11 Å². The Hall–Kier alpha value is -1.36. The maximum Gasteiger partial charge on any atom is 0.133 e. The number of hydrogen-bond acceptors (Lipinski definition) is 5. The summed E-state index contributed by atoms with van der Waals surface area (Å²) in [5, 5.41) is 16.5. The van der Waals surface area contributed by atoms with Gasteiger partial charge in [-0.15, -0.1) is 0 Å². The lowest BCUT2D eigenvalue weighted by molar-refractivity contribution is 0.0238. The van der Waals surface area contributed by atoms with E-state index in [1.807, 2.05) is 27.0 Å². The topological polar surface area (TPSA) is 70.1 Å². The Balaban J connectivity index is 3.03. The van der Waals surface area contributed by atoms with Crippen LogP contribution in [0.5, 0.6) is 0 Å². The Morgan fingerprint density at radius 1 is 1.16 bits per heavy atom. The van der Waals surface area contributed by atoms with Crippen LogP contribution >= 0.6 is 0 Å². The van der Waals surface area contributed by atoms with Gasteiger partial charge in [0.05, 0.1) is 11.1 Å². The third-order valence-electron chi connectivity index (χ3n) is 3.47. The Morgan fingerprint density at radius 3 is 2.21 bits per heavy atom. The Kier molecular flexibility index (Phi) is 4.74. The molecule has 0 fully saturated rings. The first kappa shape index (κ1) is 15.7. The number of hydrogen-bond donors (Lipinski definition) is 3. The number of anilines is 2. The zero-order valence-corrected chi connectivity index (χ0v) is 12.8. The molecule has 0 amide bonds. The zero-order valence-electron chi connectivity index (χ0n) is 12.8. The molecule has 5 nitrogen and oxygen atoms in total. The van der Waals surface area contributed by atoms with Crippen LogP contribution in [-0.2, 0) is 6.42 Å². The van der Waals surface area contributed by atoms with Crippen LogP contribution < -0.4 is 10.6 Å². The quantitative estimate of drug-likeness (QED) is 0.737. The smallest absolute Gasteiger partial charge is 0.133 e. The van der Waals surface area contributed by atoms with Gasteiger partial charge in [-0.2, -0.15) is 0 Å². The minimum absolute atomic E-state index is 0.490. The molecule has 1 aromatic rings. The highest BCUT2D eigenvalue weighted by Crippen LogP contribution is 2.26. The van der Waals surface area contributed by atoms with Gasteiger partial charge in [0.15, 0.2) is 0 Å². The van der Waals surface area contributed by atoms with E-state index in [0.717, 1.165) is 30.3 Å². The van der Waals surface area contributed by atoms with Crippen molar-refractivity contribution in [1.29, 1.82) is 0 Å². The Labute approximate surface area is 115 Å². The molecule has 1 aromatic heterocycles. The van der Waals surface area contributed by atoms with Crippen molar-refractivity contribution >= 4 is 11.6 Å². The van der Waals surface area contributed by atoms with E-state index in [0.29, 0.717) is 0 Å². The van der Waals surface area contributed by atoms with Gasteiger partial charge in [-0.3, -0.25) is 0 Å². The van der Waals surface area contributed by atoms with Crippen molar-refractivity contribution in [3.8, 4) is 0 Å². The Morgan fingerprint density at radius 2 is 1.74 bits per heavy atom. The third kappa shape index (κ3) is 4.06. The lowest BCUT2D eigenvalue weighted by Crippen LogP contribution is -2.51. The number of aromatic nitrogens is 2.